The molecule has 0 aliphatic rings. The first kappa shape index (κ1) is 13.3. The maximum atomic E-state index is 11.9. The van der Waals surface area contributed by atoms with E-state index in [4.69, 9.17) is 5.84 Å². The highest BCUT2D eigenvalue weighted by Crippen LogP contribution is 2.15. The van der Waals surface area contributed by atoms with Crippen molar-refractivity contribution >= 4 is 17.1 Å². The number of hydrazine groups is 1. The van der Waals surface area contributed by atoms with Crippen LogP contribution in [0.15, 0.2) is 9.59 Å². The van der Waals surface area contributed by atoms with E-state index >= 15 is 0 Å². The van der Waals surface area contributed by atoms with Crippen LogP contribution in [-0.2, 0) is 13.1 Å². The van der Waals surface area contributed by atoms with Crippen molar-refractivity contribution in [3.05, 3.63) is 20.8 Å². The summed E-state index contributed by atoms with van der Waals surface area (Å²) in [5, 5.41) is 0. The lowest BCUT2D eigenvalue weighted by Crippen LogP contribution is -2.32. The number of rotatable bonds is 4. The summed E-state index contributed by atoms with van der Waals surface area (Å²) in [6.07, 6.45) is 0. The maximum Gasteiger partial charge on any atom is 0.330 e. The lowest BCUT2D eigenvalue weighted by atomic mass is 10.2. The fourth-order valence-electron chi connectivity index (χ4n) is 2.13. The third-order valence-corrected chi connectivity index (χ3v) is 2.88. The first-order chi connectivity index (χ1) is 8.99. The predicted octanol–water partition coefficient (Wildman–Crippen LogP) is -0.152. The summed E-state index contributed by atoms with van der Waals surface area (Å²) < 4.78 is 3.11. The number of nitrogens with zero attached hydrogens (tertiary/aromatic N) is 3. The summed E-state index contributed by atoms with van der Waals surface area (Å²) in [5.74, 6) is 6.02. The van der Waals surface area contributed by atoms with Crippen LogP contribution in [0.3, 0.4) is 0 Å². The first-order valence-corrected chi connectivity index (χ1v) is 6.19. The van der Waals surface area contributed by atoms with E-state index in [0.717, 1.165) is 0 Å². The van der Waals surface area contributed by atoms with Gasteiger partial charge in [-0.3, -0.25) is 19.8 Å². The lowest BCUT2D eigenvalue weighted by molar-refractivity contribution is 0.513. The van der Waals surface area contributed by atoms with Crippen LogP contribution in [0.25, 0.3) is 11.2 Å². The first-order valence-electron chi connectivity index (χ1n) is 6.19. The summed E-state index contributed by atoms with van der Waals surface area (Å²) in [6, 6.07) is 0. The van der Waals surface area contributed by atoms with Gasteiger partial charge in [-0.1, -0.05) is 13.8 Å². The number of aromatic amines is 1. The van der Waals surface area contributed by atoms with Gasteiger partial charge in [0.1, 0.15) is 0 Å². The van der Waals surface area contributed by atoms with Crippen LogP contribution in [0.2, 0.25) is 0 Å². The van der Waals surface area contributed by atoms with E-state index in [2.05, 4.69) is 15.4 Å². The van der Waals surface area contributed by atoms with Crippen LogP contribution >= 0.6 is 0 Å². The maximum absolute atomic E-state index is 11.9. The van der Waals surface area contributed by atoms with Gasteiger partial charge in [0, 0.05) is 13.1 Å². The van der Waals surface area contributed by atoms with Crippen molar-refractivity contribution in [3.8, 4) is 0 Å². The molecular formula is C11H18N6O2. The predicted molar refractivity (Wildman–Crippen MR) is 72.9 cm³/mol. The van der Waals surface area contributed by atoms with E-state index < -0.39 is 11.2 Å². The molecular weight excluding hydrogens is 248 g/mol. The van der Waals surface area contributed by atoms with Gasteiger partial charge in [-0.25, -0.2) is 10.6 Å². The molecule has 0 saturated carbocycles. The molecule has 0 amide bonds. The van der Waals surface area contributed by atoms with Gasteiger partial charge in [-0.05, 0) is 12.8 Å². The van der Waals surface area contributed by atoms with Crippen molar-refractivity contribution in [1.82, 2.24) is 19.1 Å². The topological polar surface area (TPSA) is 111 Å². The molecule has 19 heavy (non-hydrogen) atoms. The third-order valence-electron chi connectivity index (χ3n) is 2.88. The monoisotopic (exact) mass is 266 g/mol. The van der Waals surface area contributed by atoms with Crippen molar-refractivity contribution < 1.29 is 0 Å². The quantitative estimate of drug-likeness (QED) is 0.526. The highest BCUT2D eigenvalue weighted by atomic mass is 16.2. The van der Waals surface area contributed by atoms with Gasteiger partial charge in [-0.15, -0.1) is 0 Å². The zero-order valence-corrected chi connectivity index (χ0v) is 11.2. The Hall–Kier alpha value is -2.09. The Labute approximate surface area is 109 Å². The number of aromatic nitrogens is 4. The minimum Gasteiger partial charge on any atom is -0.304 e. The number of nitrogens with two attached hydrogens (primary N) is 1. The van der Waals surface area contributed by atoms with Gasteiger partial charge in [0.25, 0.3) is 5.56 Å². The summed E-state index contributed by atoms with van der Waals surface area (Å²) >= 11 is 0. The number of aryl methyl sites for hydroxylation is 1. The molecule has 2 aromatic heterocycles. The minimum atomic E-state index is -0.449. The van der Waals surface area contributed by atoms with E-state index in [-0.39, 0.29) is 5.92 Å². The van der Waals surface area contributed by atoms with Gasteiger partial charge in [-0.2, -0.15) is 4.98 Å². The standard InChI is InChI=1S/C11H18N6O2/c1-4-16-7-8(13-10(16)15-12)17(5-6(2)3)11(19)14-9(7)18/h6H,4-5,12H2,1-3H3,(H,13,15)(H,14,18,19). The van der Waals surface area contributed by atoms with Crippen LogP contribution < -0.4 is 22.5 Å². The number of fused-ring (bicyclic) bond motifs is 1. The molecule has 0 unspecified atom stereocenters. The fourth-order valence-corrected chi connectivity index (χ4v) is 2.13. The Morgan fingerprint density at radius 1 is 1.37 bits per heavy atom. The lowest BCUT2D eigenvalue weighted by Gasteiger charge is -2.08. The van der Waals surface area contributed by atoms with E-state index in [9.17, 15) is 9.59 Å². The molecule has 0 atom stereocenters. The second-order valence-electron chi connectivity index (χ2n) is 4.76. The second-order valence-corrected chi connectivity index (χ2v) is 4.76. The molecule has 2 rings (SSSR count). The van der Waals surface area contributed by atoms with E-state index in [1.807, 2.05) is 20.8 Å². The number of anilines is 1. The SMILES string of the molecule is CCn1c(NN)nc2c1c(=O)[nH]c(=O)n2CC(C)C. The highest BCUT2D eigenvalue weighted by Gasteiger charge is 2.17. The summed E-state index contributed by atoms with van der Waals surface area (Å²) in [5.41, 5.74) is 2.27. The van der Waals surface area contributed by atoms with Crippen LogP contribution in [0.4, 0.5) is 5.95 Å². The number of hydrogen-bond acceptors (Lipinski definition) is 5. The molecule has 104 valence electrons. The van der Waals surface area contributed by atoms with Gasteiger partial charge in [0.05, 0.1) is 0 Å². The molecule has 0 aliphatic heterocycles. The molecule has 0 radical (unpaired) electrons. The van der Waals surface area contributed by atoms with Crippen LogP contribution in [0.5, 0.6) is 0 Å². The Morgan fingerprint density at radius 2 is 2.05 bits per heavy atom. The minimum absolute atomic E-state index is 0.257. The molecule has 0 aliphatic carbocycles. The van der Waals surface area contributed by atoms with Gasteiger partial charge >= 0.3 is 5.69 Å². The normalized spacial score (nSPS) is 11.4. The van der Waals surface area contributed by atoms with E-state index in [1.165, 1.54) is 4.57 Å². The van der Waals surface area contributed by atoms with Crippen LogP contribution in [-0.4, -0.2) is 19.1 Å². The number of imidazole rings is 1. The van der Waals surface area contributed by atoms with Crippen molar-refractivity contribution in [2.45, 2.75) is 33.9 Å². The molecule has 0 aromatic carbocycles. The van der Waals surface area contributed by atoms with E-state index in [0.29, 0.717) is 30.2 Å². The number of nitrogen functional groups attached to an aromatic ring is 1. The highest BCUT2D eigenvalue weighted by molar-refractivity contribution is 5.74. The molecule has 8 heteroatoms. The molecule has 0 fully saturated rings. The number of H-pyrrole nitrogens is 1. The van der Waals surface area contributed by atoms with Crippen molar-refractivity contribution in [1.29, 1.82) is 0 Å². The Kier molecular flexibility index (Phi) is 3.43. The summed E-state index contributed by atoms with van der Waals surface area (Å²) in [6.45, 7) is 6.86. The Bertz CT molecular complexity index is 708. The van der Waals surface area contributed by atoms with Gasteiger partial charge in [0.2, 0.25) is 5.95 Å². The second kappa shape index (κ2) is 4.88. The number of nitrogens with one attached hydrogen (secondary N) is 2. The zero-order valence-electron chi connectivity index (χ0n) is 11.2. The molecule has 4 N–H and O–H groups in total. The number of hydrogen-bond donors (Lipinski definition) is 3. The van der Waals surface area contributed by atoms with Crippen LogP contribution in [0, 0.1) is 5.92 Å². The Morgan fingerprint density at radius 3 is 2.58 bits per heavy atom. The molecule has 2 aromatic rings. The van der Waals surface area contributed by atoms with Crippen molar-refractivity contribution in [3.63, 3.8) is 0 Å². The summed E-state index contributed by atoms with van der Waals surface area (Å²) in [7, 11) is 0. The third kappa shape index (κ3) is 2.14. The molecule has 0 saturated heterocycles. The van der Waals surface area contributed by atoms with E-state index in [1.54, 1.807) is 4.57 Å². The largest absolute Gasteiger partial charge is 0.330 e. The Balaban J connectivity index is 2.87. The average molecular weight is 266 g/mol. The molecule has 8 nitrogen and oxygen atoms in total. The molecule has 0 bridgehead atoms. The van der Waals surface area contributed by atoms with Crippen LogP contribution in [0.1, 0.15) is 20.8 Å². The zero-order chi connectivity index (χ0) is 14.2. The van der Waals surface area contributed by atoms with Crippen molar-refractivity contribution in [2.75, 3.05) is 5.43 Å². The molecule has 2 heterocycles. The summed E-state index contributed by atoms with van der Waals surface area (Å²) in [4.78, 5) is 30.4. The smallest absolute Gasteiger partial charge is 0.304 e. The molecule has 0 spiro atoms. The van der Waals surface area contributed by atoms with Gasteiger partial charge < -0.3 is 4.57 Å². The average Bonchev–Trinajstić information content (AvgIpc) is 2.72. The van der Waals surface area contributed by atoms with Gasteiger partial charge in [0.15, 0.2) is 11.2 Å². The fraction of sp³-hybridized carbons (Fsp3) is 0.545. The van der Waals surface area contributed by atoms with Crippen molar-refractivity contribution in [2.24, 2.45) is 11.8 Å².